The van der Waals surface area contributed by atoms with Crippen LogP contribution < -0.4 is 10.6 Å². The Hall–Kier alpha value is -2.35. The van der Waals surface area contributed by atoms with Crippen molar-refractivity contribution in [1.29, 1.82) is 0 Å². The molecular weight excluding hydrogens is 378 g/mol. The predicted molar refractivity (Wildman–Crippen MR) is 105 cm³/mol. The molecule has 1 aromatic carbocycles. The second kappa shape index (κ2) is 7.58. The van der Waals surface area contributed by atoms with Gasteiger partial charge in [0.1, 0.15) is 5.41 Å². The Morgan fingerprint density at radius 1 is 1.11 bits per heavy atom. The minimum atomic E-state index is -1.17. The molecule has 4 rings (SSSR count). The molecule has 2 aliphatic carbocycles. The van der Waals surface area contributed by atoms with Crippen LogP contribution in [0.25, 0.3) is 0 Å². The first-order valence-corrected chi connectivity index (χ1v) is 10.6. The SMILES string of the molecule is O=C1CSC(=O)N1CCNC(=O)C1(C(=O)NC2CCC2)Cc2ccccc2C1. The Kier molecular flexibility index (Phi) is 5.14. The predicted octanol–water partition coefficient (Wildman–Crippen LogP) is 1.25. The summed E-state index contributed by atoms with van der Waals surface area (Å²) in [6, 6.07) is 7.90. The van der Waals surface area contributed by atoms with E-state index in [0.29, 0.717) is 12.8 Å². The van der Waals surface area contributed by atoms with Crippen LogP contribution in [0, 0.1) is 5.41 Å². The molecule has 0 atom stereocenters. The molecule has 7 nitrogen and oxygen atoms in total. The van der Waals surface area contributed by atoms with Gasteiger partial charge in [-0.3, -0.25) is 24.1 Å². The van der Waals surface area contributed by atoms with E-state index < -0.39 is 5.41 Å². The van der Waals surface area contributed by atoms with Crippen LogP contribution in [0.5, 0.6) is 0 Å². The fourth-order valence-electron chi connectivity index (χ4n) is 3.96. The Morgan fingerprint density at radius 2 is 1.79 bits per heavy atom. The minimum absolute atomic E-state index is 0.129. The van der Waals surface area contributed by atoms with Gasteiger partial charge in [0.15, 0.2) is 0 Å². The van der Waals surface area contributed by atoms with Gasteiger partial charge in [-0.05, 0) is 43.2 Å². The number of nitrogens with zero attached hydrogens (tertiary/aromatic N) is 1. The van der Waals surface area contributed by atoms with E-state index >= 15 is 0 Å². The molecule has 1 saturated heterocycles. The Balaban J connectivity index is 1.46. The van der Waals surface area contributed by atoms with E-state index in [4.69, 9.17) is 0 Å². The summed E-state index contributed by atoms with van der Waals surface area (Å²) in [4.78, 5) is 50.8. The number of thioether (sulfide) groups is 1. The first-order chi connectivity index (χ1) is 13.5. The summed E-state index contributed by atoms with van der Waals surface area (Å²) in [5.74, 6) is -0.660. The second-order valence-corrected chi connectivity index (χ2v) is 8.59. The molecule has 0 bridgehead atoms. The molecule has 8 heteroatoms. The summed E-state index contributed by atoms with van der Waals surface area (Å²) >= 11 is 0.970. The summed E-state index contributed by atoms with van der Waals surface area (Å²) in [6.07, 6.45) is 3.73. The first-order valence-electron chi connectivity index (χ1n) is 9.63. The van der Waals surface area contributed by atoms with Crippen molar-refractivity contribution in [2.75, 3.05) is 18.8 Å². The number of imide groups is 1. The lowest BCUT2D eigenvalue weighted by Crippen LogP contribution is -2.56. The van der Waals surface area contributed by atoms with Gasteiger partial charge in [0.05, 0.1) is 5.75 Å². The van der Waals surface area contributed by atoms with Crippen molar-refractivity contribution < 1.29 is 19.2 Å². The first kappa shape index (κ1) is 19.0. The lowest BCUT2D eigenvalue weighted by atomic mass is 9.81. The normalized spacial score (nSPS) is 20.6. The van der Waals surface area contributed by atoms with Crippen molar-refractivity contribution in [3.63, 3.8) is 0 Å². The van der Waals surface area contributed by atoms with Crippen molar-refractivity contribution in [1.82, 2.24) is 15.5 Å². The van der Waals surface area contributed by atoms with Crippen LogP contribution in [-0.2, 0) is 27.2 Å². The number of rotatable bonds is 6. The van der Waals surface area contributed by atoms with Crippen molar-refractivity contribution in [3.05, 3.63) is 35.4 Å². The molecular formula is C20H23N3O4S. The molecule has 1 aromatic rings. The maximum Gasteiger partial charge on any atom is 0.288 e. The molecule has 1 heterocycles. The van der Waals surface area contributed by atoms with Crippen LogP contribution >= 0.6 is 11.8 Å². The van der Waals surface area contributed by atoms with Crippen LogP contribution in [0.15, 0.2) is 24.3 Å². The molecule has 0 spiro atoms. The third-order valence-corrected chi connectivity index (χ3v) is 6.73. The second-order valence-electron chi connectivity index (χ2n) is 7.66. The smallest absolute Gasteiger partial charge is 0.288 e. The number of carbonyl (C=O) groups is 4. The summed E-state index contributed by atoms with van der Waals surface area (Å²) in [5.41, 5.74) is 0.859. The molecule has 4 amide bonds. The van der Waals surface area contributed by atoms with Crippen LogP contribution in [0.1, 0.15) is 30.4 Å². The molecule has 0 unspecified atom stereocenters. The van der Waals surface area contributed by atoms with Crippen LogP contribution in [0.3, 0.4) is 0 Å². The molecule has 28 heavy (non-hydrogen) atoms. The monoisotopic (exact) mass is 401 g/mol. The number of carbonyl (C=O) groups excluding carboxylic acids is 4. The summed E-state index contributed by atoms with van der Waals surface area (Å²) < 4.78 is 0. The Morgan fingerprint density at radius 3 is 2.32 bits per heavy atom. The van der Waals surface area contributed by atoms with E-state index in [-0.39, 0.29) is 47.8 Å². The zero-order valence-electron chi connectivity index (χ0n) is 15.5. The topological polar surface area (TPSA) is 95.6 Å². The lowest BCUT2D eigenvalue weighted by Gasteiger charge is -2.33. The number of benzene rings is 1. The summed E-state index contributed by atoms with van der Waals surface area (Å²) in [5, 5.41) is 5.56. The fourth-order valence-corrected chi connectivity index (χ4v) is 4.71. The van der Waals surface area contributed by atoms with Crippen molar-refractivity contribution >= 4 is 34.7 Å². The minimum Gasteiger partial charge on any atom is -0.353 e. The van der Waals surface area contributed by atoms with Crippen molar-refractivity contribution in [2.45, 2.75) is 38.1 Å². The third kappa shape index (κ3) is 3.41. The maximum atomic E-state index is 13.1. The highest BCUT2D eigenvalue weighted by atomic mass is 32.2. The molecule has 3 aliphatic rings. The van der Waals surface area contributed by atoms with Crippen molar-refractivity contribution in [2.24, 2.45) is 5.41 Å². The van der Waals surface area contributed by atoms with Crippen LogP contribution in [0.2, 0.25) is 0 Å². The zero-order chi connectivity index (χ0) is 19.7. The van der Waals surface area contributed by atoms with Gasteiger partial charge in [-0.1, -0.05) is 36.0 Å². The summed E-state index contributed by atoms with van der Waals surface area (Å²) in [6.45, 7) is 0.273. The number of amides is 4. The molecule has 2 fully saturated rings. The van der Waals surface area contributed by atoms with E-state index in [9.17, 15) is 19.2 Å². The lowest BCUT2D eigenvalue weighted by molar-refractivity contribution is -0.144. The van der Waals surface area contributed by atoms with E-state index in [1.807, 2.05) is 24.3 Å². The quantitative estimate of drug-likeness (QED) is 0.700. The zero-order valence-corrected chi connectivity index (χ0v) is 16.3. The average Bonchev–Trinajstić information content (AvgIpc) is 3.20. The van der Waals surface area contributed by atoms with E-state index in [1.54, 1.807) is 0 Å². The van der Waals surface area contributed by atoms with E-state index in [0.717, 1.165) is 47.1 Å². The summed E-state index contributed by atoms with van der Waals surface area (Å²) in [7, 11) is 0. The Labute approximate surface area is 167 Å². The largest absolute Gasteiger partial charge is 0.353 e. The van der Waals surface area contributed by atoms with Gasteiger partial charge in [-0.2, -0.15) is 0 Å². The van der Waals surface area contributed by atoms with Gasteiger partial charge in [0.2, 0.25) is 17.7 Å². The molecule has 2 N–H and O–H groups in total. The highest BCUT2D eigenvalue weighted by molar-refractivity contribution is 8.14. The van der Waals surface area contributed by atoms with Gasteiger partial charge in [0, 0.05) is 19.1 Å². The van der Waals surface area contributed by atoms with Crippen LogP contribution in [-0.4, -0.2) is 52.7 Å². The third-order valence-electron chi connectivity index (χ3n) is 5.87. The van der Waals surface area contributed by atoms with E-state index in [2.05, 4.69) is 10.6 Å². The molecule has 148 valence electrons. The molecule has 1 saturated carbocycles. The number of hydrogen-bond acceptors (Lipinski definition) is 5. The average molecular weight is 401 g/mol. The standard InChI is InChI=1S/C20H23N3O4S/c24-16-12-28-19(27)23(16)9-8-21-17(25)20(18(26)22-15-6-3-7-15)10-13-4-1-2-5-14(13)11-20/h1-2,4-5,15H,3,6-12H2,(H,21,25)(H,22,26). The van der Waals surface area contributed by atoms with Gasteiger partial charge in [-0.25, -0.2) is 0 Å². The highest BCUT2D eigenvalue weighted by Gasteiger charge is 2.50. The number of fused-ring (bicyclic) bond motifs is 1. The molecule has 0 radical (unpaired) electrons. The van der Waals surface area contributed by atoms with Gasteiger partial charge in [0.25, 0.3) is 5.24 Å². The van der Waals surface area contributed by atoms with Gasteiger partial charge in [-0.15, -0.1) is 0 Å². The number of nitrogens with one attached hydrogen (secondary N) is 2. The van der Waals surface area contributed by atoms with Gasteiger partial charge >= 0.3 is 0 Å². The molecule has 0 aromatic heterocycles. The maximum absolute atomic E-state index is 13.1. The van der Waals surface area contributed by atoms with E-state index in [1.165, 1.54) is 0 Å². The number of hydrogen-bond donors (Lipinski definition) is 2. The highest BCUT2D eigenvalue weighted by Crippen LogP contribution is 2.38. The fraction of sp³-hybridized carbons (Fsp3) is 0.500. The molecule has 1 aliphatic heterocycles. The van der Waals surface area contributed by atoms with Crippen molar-refractivity contribution in [3.8, 4) is 0 Å². The Bertz CT molecular complexity index is 795. The van der Waals surface area contributed by atoms with Crippen LogP contribution in [0.4, 0.5) is 4.79 Å². The van der Waals surface area contributed by atoms with Gasteiger partial charge < -0.3 is 10.6 Å².